The largest absolute Gasteiger partial charge is 0.416 e. The Bertz CT molecular complexity index is 1050. The normalized spacial score (nSPS) is 12.4. The Morgan fingerprint density at radius 3 is 2.31 bits per heavy atom. The zero-order valence-electron chi connectivity index (χ0n) is 15.6. The summed E-state index contributed by atoms with van der Waals surface area (Å²) in [7, 11) is -2.44. The van der Waals surface area contributed by atoms with Crippen LogP contribution in [0.4, 0.5) is 13.2 Å². The van der Waals surface area contributed by atoms with Crippen LogP contribution in [0.2, 0.25) is 0 Å². The summed E-state index contributed by atoms with van der Waals surface area (Å²) < 4.78 is 64.2. The van der Waals surface area contributed by atoms with E-state index in [1.54, 1.807) is 0 Å². The highest BCUT2D eigenvalue weighted by atomic mass is 32.2. The van der Waals surface area contributed by atoms with Crippen molar-refractivity contribution in [2.75, 3.05) is 13.6 Å². The van der Waals surface area contributed by atoms with Gasteiger partial charge in [0, 0.05) is 24.8 Å². The van der Waals surface area contributed by atoms with Crippen LogP contribution in [0.5, 0.6) is 0 Å². The topological polar surface area (TPSA) is 66.1 Å². The first kappa shape index (κ1) is 21.1. The minimum Gasteiger partial charge on any atom is -0.282 e. The number of aromatic amines is 1. The molecular weight excluding hydrogens is 403 g/mol. The fraction of sp³-hybridized carbons (Fsp3) is 0.250. The molecule has 0 fully saturated rings. The number of aromatic nitrogens is 2. The van der Waals surface area contributed by atoms with Gasteiger partial charge in [-0.2, -0.15) is 18.3 Å². The number of alkyl halides is 3. The Kier molecular flexibility index (Phi) is 6.09. The molecule has 0 unspecified atom stereocenters. The average molecular weight is 423 g/mol. The van der Waals surface area contributed by atoms with Crippen molar-refractivity contribution in [1.82, 2.24) is 14.5 Å². The first-order chi connectivity index (χ1) is 13.7. The highest BCUT2D eigenvalue weighted by Gasteiger charge is 2.31. The molecule has 0 spiro atoms. The predicted molar refractivity (Wildman–Crippen MR) is 104 cm³/mol. The van der Waals surface area contributed by atoms with Crippen molar-refractivity contribution in [2.45, 2.75) is 23.9 Å². The third-order valence-electron chi connectivity index (χ3n) is 4.51. The molecule has 0 bridgehead atoms. The highest BCUT2D eigenvalue weighted by Crippen LogP contribution is 2.30. The van der Waals surface area contributed by atoms with Gasteiger partial charge < -0.3 is 0 Å². The predicted octanol–water partition coefficient (Wildman–Crippen LogP) is 4.35. The number of H-pyrrole nitrogens is 1. The SMILES string of the molecule is CN(CCCc1cc(-c2ccccc2)n[nH]1)S(=O)(=O)c1ccc(C(F)(F)F)cc1. The second-order valence-electron chi connectivity index (χ2n) is 6.60. The van der Waals surface area contributed by atoms with E-state index in [-0.39, 0.29) is 11.4 Å². The number of aryl methyl sites for hydroxylation is 1. The first-order valence-corrected chi connectivity index (χ1v) is 10.4. The summed E-state index contributed by atoms with van der Waals surface area (Å²) in [4.78, 5) is -0.166. The van der Waals surface area contributed by atoms with E-state index in [2.05, 4.69) is 10.2 Å². The third kappa shape index (κ3) is 5.04. The lowest BCUT2D eigenvalue weighted by Crippen LogP contribution is -2.28. The fourth-order valence-corrected chi connectivity index (χ4v) is 4.06. The summed E-state index contributed by atoms with van der Waals surface area (Å²) in [6, 6.07) is 15.1. The molecule has 1 heterocycles. The van der Waals surface area contributed by atoms with E-state index in [1.165, 1.54) is 7.05 Å². The molecule has 0 saturated carbocycles. The second-order valence-corrected chi connectivity index (χ2v) is 8.64. The molecular formula is C20H20F3N3O2S. The maximum absolute atomic E-state index is 12.6. The molecule has 0 aliphatic rings. The highest BCUT2D eigenvalue weighted by molar-refractivity contribution is 7.89. The minimum absolute atomic E-state index is 0.166. The van der Waals surface area contributed by atoms with E-state index in [0.717, 1.165) is 45.5 Å². The van der Waals surface area contributed by atoms with Gasteiger partial charge in [0.1, 0.15) is 0 Å². The van der Waals surface area contributed by atoms with Gasteiger partial charge in [0.2, 0.25) is 10.0 Å². The smallest absolute Gasteiger partial charge is 0.282 e. The van der Waals surface area contributed by atoms with Crippen molar-refractivity contribution in [1.29, 1.82) is 0 Å². The number of nitrogens with zero attached hydrogens (tertiary/aromatic N) is 2. The lowest BCUT2D eigenvalue weighted by molar-refractivity contribution is -0.137. The van der Waals surface area contributed by atoms with Crippen molar-refractivity contribution < 1.29 is 21.6 Å². The number of sulfonamides is 1. The van der Waals surface area contributed by atoms with Gasteiger partial charge in [-0.3, -0.25) is 5.10 Å². The zero-order valence-corrected chi connectivity index (χ0v) is 16.5. The summed E-state index contributed by atoms with van der Waals surface area (Å²) >= 11 is 0. The van der Waals surface area contributed by atoms with Crippen LogP contribution < -0.4 is 0 Å². The molecule has 1 N–H and O–H groups in total. The maximum atomic E-state index is 12.6. The molecule has 154 valence electrons. The van der Waals surface area contributed by atoms with Gasteiger partial charge in [-0.05, 0) is 43.2 Å². The second kappa shape index (κ2) is 8.38. The summed E-state index contributed by atoms with van der Waals surface area (Å²) in [6.07, 6.45) is -3.38. The third-order valence-corrected chi connectivity index (χ3v) is 6.38. The Hall–Kier alpha value is -2.65. The molecule has 0 radical (unpaired) electrons. The number of nitrogens with one attached hydrogen (secondary N) is 1. The van der Waals surface area contributed by atoms with Crippen LogP contribution in [-0.4, -0.2) is 36.5 Å². The van der Waals surface area contributed by atoms with Crippen LogP contribution >= 0.6 is 0 Å². The van der Waals surface area contributed by atoms with Crippen LogP contribution in [0, 0.1) is 0 Å². The summed E-state index contributed by atoms with van der Waals surface area (Å²) in [5, 5.41) is 7.20. The molecule has 0 aliphatic carbocycles. The first-order valence-electron chi connectivity index (χ1n) is 8.91. The lowest BCUT2D eigenvalue weighted by Gasteiger charge is -2.17. The Labute approximate surface area is 167 Å². The number of rotatable bonds is 7. The molecule has 3 aromatic rings. The Morgan fingerprint density at radius 2 is 1.69 bits per heavy atom. The van der Waals surface area contributed by atoms with E-state index < -0.39 is 21.8 Å². The quantitative estimate of drug-likeness (QED) is 0.615. The Balaban J connectivity index is 1.59. The van der Waals surface area contributed by atoms with Crippen LogP contribution in [0.3, 0.4) is 0 Å². The zero-order chi connectivity index (χ0) is 21.1. The maximum Gasteiger partial charge on any atom is 0.416 e. The molecule has 0 atom stereocenters. The molecule has 1 aromatic heterocycles. The lowest BCUT2D eigenvalue weighted by atomic mass is 10.1. The van der Waals surface area contributed by atoms with Gasteiger partial charge in [0.05, 0.1) is 16.2 Å². The fourth-order valence-electron chi connectivity index (χ4n) is 2.85. The van der Waals surface area contributed by atoms with Crippen molar-refractivity contribution in [3.8, 4) is 11.3 Å². The van der Waals surface area contributed by atoms with Crippen LogP contribution in [-0.2, 0) is 22.6 Å². The Morgan fingerprint density at radius 1 is 1.03 bits per heavy atom. The van der Waals surface area contributed by atoms with Gasteiger partial charge in [-0.1, -0.05) is 30.3 Å². The number of hydrogen-bond acceptors (Lipinski definition) is 3. The van der Waals surface area contributed by atoms with Gasteiger partial charge in [0.25, 0.3) is 0 Å². The number of halogens is 3. The van der Waals surface area contributed by atoms with Gasteiger partial charge >= 0.3 is 6.18 Å². The number of hydrogen-bond donors (Lipinski definition) is 1. The number of benzene rings is 2. The molecule has 5 nitrogen and oxygen atoms in total. The monoisotopic (exact) mass is 423 g/mol. The van der Waals surface area contributed by atoms with Crippen LogP contribution in [0.25, 0.3) is 11.3 Å². The van der Waals surface area contributed by atoms with Crippen molar-refractivity contribution in [3.05, 3.63) is 71.9 Å². The molecule has 2 aromatic carbocycles. The van der Waals surface area contributed by atoms with Crippen molar-refractivity contribution >= 4 is 10.0 Å². The van der Waals surface area contributed by atoms with E-state index in [9.17, 15) is 21.6 Å². The van der Waals surface area contributed by atoms with E-state index in [1.807, 2.05) is 36.4 Å². The molecule has 29 heavy (non-hydrogen) atoms. The van der Waals surface area contributed by atoms with Crippen LogP contribution in [0.15, 0.2) is 65.6 Å². The summed E-state index contributed by atoms with van der Waals surface area (Å²) in [6.45, 7) is 0.225. The standard InChI is InChI=1S/C20H20F3N3O2S/c1-26(29(27,28)18-11-9-16(10-12-18)20(21,22)23)13-5-8-17-14-19(25-24-17)15-6-3-2-4-7-15/h2-4,6-7,9-12,14H,5,8,13H2,1H3,(H,24,25). The van der Waals surface area contributed by atoms with Crippen molar-refractivity contribution in [3.63, 3.8) is 0 Å². The van der Waals surface area contributed by atoms with Crippen LogP contribution in [0.1, 0.15) is 17.7 Å². The molecule has 3 rings (SSSR count). The van der Waals surface area contributed by atoms with Crippen molar-refractivity contribution in [2.24, 2.45) is 0 Å². The summed E-state index contributed by atoms with van der Waals surface area (Å²) in [5.41, 5.74) is 1.79. The van der Waals surface area contributed by atoms with Gasteiger partial charge in [-0.25, -0.2) is 12.7 Å². The van der Waals surface area contributed by atoms with E-state index in [0.29, 0.717) is 12.8 Å². The van der Waals surface area contributed by atoms with E-state index in [4.69, 9.17) is 0 Å². The molecule has 9 heteroatoms. The average Bonchev–Trinajstić information content (AvgIpc) is 3.17. The molecule has 0 saturated heterocycles. The van der Waals surface area contributed by atoms with Gasteiger partial charge in [0.15, 0.2) is 0 Å². The van der Waals surface area contributed by atoms with E-state index >= 15 is 0 Å². The summed E-state index contributed by atoms with van der Waals surface area (Å²) in [5.74, 6) is 0. The molecule has 0 aliphatic heterocycles. The van der Waals surface area contributed by atoms with Gasteiger partial charge in [-0.15, -0.1) is 0 Å². The molecule has 0 amide bonds. The minimum atomic E-state index is -4.50.